The highest BCUT2D eigenvalue weighted by Gasteiger charge is 2.47. The number of nitrogens with zero attached hydrogens (tertiary/aromatic N) is 1. The number of aliphatic hydroxyl groups is 1. The molecule has 3 aromatic carbocycles. The topological polar surface area (TPSA) is 87.1 Å². The van der Waals surface area contributed by atoms with Gasteiger partial charge in [0, 0.05) is 16.3 Å². The summed E-state index contributed by atoms with van der Waals surface area (Å²) in [4.78, 5) is 27.6. The predicted molar refractivity (Wildman–Crippen MR) is 136 cm³/mol. The van der Waals surface area contributed by atoms with Crippen LogP contribution in [0.4, 0.5) is 5.69 Å². The zero-order valence-electron chi connectivity index (χ0n) is 19.3. The average Bonchev–Trinajstić information content (AvgIpc) is 3.13. The fourth-order valence-corrected chi connectivity index (χ4v) is 4.24. The molecule has 1 amide bonds. The second-order valence-electron chi connectivity index (χ2n) is 8.32. The average molecular weight is 492 g/mol. The van der Waals surface area contributed by atoms with Gasteiger partial charge in [-0.15, -0.1) is 0 Å². The number of halogens is 1. The number of rotatable bonds is 8. The SMILES string of the molecule is CCCCCOc1ccc(/C(O)=C2/C(=O)C(=O)N(c3ccc(Cl)cc3)C2c2cccc(O)c2)cc1. The van der Waals surface area contributed by atoms with Crippen molar-refractivity contribution in [1.82, 2.24) is 0 Å². The first kappa shape index (κ1) is 24.4. The van der Waals surface area contributed by atoms with Crippen molar-refractivity contribution in [3.63, 3.8) is 0 Å². The Morgan fingerprint density at radius 2 is 1.71 bits per heavy atom. The summed E-state index contributed by atoms with van der Waals surface area (Å²) in [5.74, 6) is -1.26. The molecule has 0 bridgehead atoms. The molecule has 1 aliphatic heterocycles. The number of ether oxygens (including phenoxy) is 1. The summed E-state index contributed by atoms with van der Waals surface area (Å²) in [6.45, 7) is 2.72. The van der Waals surface area contributed by atoms with Gasteiger partial charge in [-0.1, -0.05) is 43.5 Å². The first-order valence-electron chi connectivity index (χ1n) is 11.5. The minimum Gasteiger partial charge on any atom is -0.508 e. The van der Waals surface area contributed by atoms with E-state index in [2.05, 4.69) is 6.92 Å². The second-order valence-corrected chi connectivity index (χ2v) is 8.76. The number of phenols is 1. The van der Waals surface area contributed by atoms with Gasteiger partial charge in [0.15, 0.2) is 0 Å². The van der Waals surface area contributed by atoms with Crippen molar-refractivity contribution in [2.45, 2.75) is 32.2 Å². The van der Waals surface area contributed by atoms with Crippen LogP contribution in [0.1, 0.15) is 43.4 Å². The van der Waals surface area contributed by atoms with Gasteiger partial charge < -0.3 is 14.9 Å². The number of carbonyl (C=O) groups is 2. The number of benzene rings is 3. The molecular formula is C28H26ClNO5. The van der Waals surface area contributed by atoms with Gasteiger partial charge in [-0.05, 0) is 72.6 Å². The maximum atomic E-state index is 13.2. The fourth-order valence-electron chi connectivity index (χ4n) is 4.12. The number of aliphatic hydroxyl groups excluding tert-OH is 1. The molecule has 0 saturated carbocycles. The summed E-state index contributed by atoms with van der Waals surface area (Å²) in [6, 6.07) is 18.6. The molecule has 2 N–H and O–H groups in total. The fraction of sp³-hybridized carbons (Fsp3) is 0.214. The Kier molecular flexibility index (Phi) is 7.42. The molecule has 180 valence electrons. The highest BCUT2D eigenvalue weighted by Crippen LogP contribution is 2.43. The van der Waals surface area contributed by atoms with Crippen LogP contribution in [0.5, 0.6) is 11.5 Å². The maximum Gasteiger partial charge on any atom is 0.300 e. The van der Waals surface area contributed by atoms with E-state index < -0.39 is 17.7 Å². The van der Waals surface area contributed by atoms with Crippen molar-refractivity contribution >= 4 is 34.7 Å². The maximum absolute atomic E-state index is 13.2. The van der Waals surface area contributed by atoms with Crippen molar-refractivity contribution in [2.24, 2.45) is 0 Å². The molecule has 0 aromatic heterocycles. The van der Waals surface area contributed by atoms with Crippen LogP contribution in [0, 0.1) is 0 Å². The van der Waals surface area contributed by atoms with Gasteiger partial charge in [0.05, 0.1) is 18.2 Å². The highest BCUT2D eigenvalue weighted by molar-refractivity contribution is 6.51. The van der Waals surface area contributed by atoms with Crippen LogP contribution < -0.4 is 9.64 Å². The minimum absolute atomic E-state index is 0.0197. The lowest BCUT2D eigenvalue weighted by molar-refractivity contribution is -0.132. The number of carbonyl (C=O) groups excluding carboxylic acids is 2. The Morgan fingerprint density at radius 1 is 1.00 bits per heavy atom. The first-order valence-corrected chi connectivity index (χ1v) is 11.9. The smallest absolute Gasteiger partial charge is 0.300 e. The number of phenolic OH excluding ortho intramolecular Hbond substituents is 1. The van der Waals surface area contributed by atoms with Crippen LogP contribution in [-0.4, -0.2) is 28.5 Å². The third-order valence-electron chi connectivity index (χ3n) is 5.88. The normalized spacial score (nSPS) is 17.1. The summed E-state index contributed by atoms with van der Waals surface area (Å²) in [6.07, 6.45) is 3.14. The van der Waals surface area contributed by atoms with Crippen molar-refractivity contribution in [3.05, 3.63) is 94.5 Å². The third kappa shape index (κ3) is 5.17. The lowest BCUT2D eigenvalue weighted by Gasteiger charge is -2.25. The number of unbranched alkanes of at least 4 members (excludes halogenated alkanes) is 2. The number of ketones is 1. The van der Waals surface area contributed by atoms with E-state index in [-0.39, 0.29) is 17.1 Å². The molecule has 3 aromatic rings. The largest absolute Gasteiger partial charge is 0.508 e. The summed E-state index contributed by atoms with van der Waals surface area (Å²) >= 11 is 6.01. The Balaban J connectivity index is 1.75. The number of anilines is 1. The number of hydrogen-bond acceptors (Lipinski definition) is 5. The summed E-state index contributed by atoms with van der Waals surface area (Å²) in [5.41, 5.74) is 1.24. The van der Waals surface area contributed by atoms with Gasteiger partial charge in [-0.25, -0.2) is 0 Å². The molecule has 4 rings (SSSR count). The van der Waals surface area contributed by atoms with E-state index in [1.807, 2.05) is 0 Å². The monoisotopic (exact) mass is 491 g/mol. The van der Waals surface area contributed by atoms with Gasteiger partial charge >= 0.3 is 0 Å². The molecule has 35 heavy (non-hydrogen) atoms. The zero-order valence-corrected chi connectivity index (χ0v) is 20.0. The second kappa shape index (κ2) is 10.7. The molecule has 0 radical (unpaired) electrons. The zero-order chi connectivity index (χ0) is 24.9. The minimum atomic E-state index is -0.937. The molecule has 1 heterocycles. The summed E-state index contributed by atoms with van der Waals surface area (Å²) in [7, 11) is 0. The van der Waals surface area contributed by atoms with Crippen molar-refractivity contribution in [3.8, 4) is 11.5 Å². The Labute approximate surface area is 209 Å². The van der Waals surface area contributed by atoms with E-state index in [1.54, 1.807) is 60.7 Å². The van der Waals surface area contributed by atoms with E-state index in [4.69, 9.17) is 16.3 Å². The standard InChI is InChI=1S/C28H26ClNO5/c1-2-3-4-16-35-23-14-8-18(9-15-23)26(32)24-25(19-6-5-7-22(31)17-19)30(28(34)27(24)33)21-12-10-20(29)11-13-21/h5-15,17,25,31-32H,2-4,16H2,1H3/b26-24-. The molecule has 0 spiro atoms. The van der Waals surface area contributed by atoms with Crippen LogP contribution in [0.25, 0.3) is 5.76 Å². The third-order valence-corrected chi connectivity index (χ3v) is 6.13. The van der Waals surface area contributed by atoms with Crippen LogP contribution in [0.15, 0.2) is 78.4 Å². The van der Waals surface area contributed by atoms with Crippen LogP contribution in [0.2, 0.25) is 5.02 Å². The Morgan fingerprint density at radius 3 is 2.37 bits per heavy atom. The number of Topliss-reactive ketones (excluding diaryl/α,β-unsaturated/α-hetero) is 1. The van der Waals surface area contributed by atoms with Gasteiger partial charge in [0.25, 0.3) is 11.7 Å². The van der Waals surface area contributed by atoms with Gasteiger partial charge in [0.1, 0.15) is 17.3 Å². The lowest BCUT2D eigenvalue weighted by Crippen LogP contribution is -2.29. The molecule has 1 fully saturated rings. The first-order chi connectivity index (χ1) is 16.9. The molecule has 7 heteroatoms. The molecule has 1 unspecified atom stereocenters. The highest BCUT2D eigenvalue weighted by atomic mass is 35.5. The number of aromatic hydroxyl groups is 1. The van der Waals surface area contributed by atoms with Gasteiger partial charge in [-0.2, -0.15) is 0 Å². The van der Waals surface area contributed by atoms with Crippen molar-refractivity contribution < 1.29 is 24.5 Å². The molecule has 1 saturated heterocycles. The van der Waals surface area contributed by atoms with Crippen LogP contribution >= 0.6 is 11.6 Å². The summed E-state index contributed by atoms with van der Waals surface area (Å²) in [5, 5.41) is 21.8. The molecule has 0 aliphatic carbocycles. The van der Waals surface area contributed by atoms with E-state index >= 15 is 0 Å². The molecule has 6 nitrogen and oxygen atoms in total. The van der Waals surface area contributed by atoms with E-state index in [0.717, 1.165) is 19.3 Å². The quantitative estimate of drug-likeness (QED) is 0.168. The molecular weight excluding hydrogens is 466 g/mol. The van der Waals surface area contributed by atoms with E-state index in [0.29, 0.717) is 34.2 Å². The predicted octanol–water partition coefficient (Wildman–Crippen LogP) is 6.24. The summed E-state index contributed by atoms with van der Waals surface area (Å²) < 4.78 is 5.73. The molecule has 1 atom stereocenters. The van der Waals surface area contributed by atoms with Crippen molar-refractivity contribution in [2.75, 3.05) is 11.5 Å². The van der Waals surface area contributed by atoms with E-state index in [9.17, 15) is 19.8 Å². The van der Waals surface area contributed by atoms with Crippen LogP contribution in [0.3, 0.4) is 0 Å². The van der Waals surface area contributed by atoms with Gasteiger partial charge in [-0.3, -0.25) is 14.5 Å². The molecule has 1 aliphatic rings. The lowest BCUT2D eigenvalue weighted by atomic mass is 9.95. The van der Waals surface area contributed by atoms with Crippen molar-refractivity contribution in [1.29, 1.82) is 0 Å². The Bertz CT molecular complexity index is 1250. The Hall–Kier alpha value is -3.77. The number of amides is 1. The number of hydrogen-bond donors (Lipinski definition) is 2. The van der Waals surface area contributed by atoms with E-state index in [1.165, 1.54) is 17.0 Å². The van der Waals surface area contributed by atoms with Crippen LogP contribution in [-0.2, 0) is 9.59 Å². The van der Waals surface area contributed by atoms with Gasteiger partial charge in [0.2, 0.25) is 0 Å².